The van der Waals surface area contributed by atoms with E-state index in [0.29, 0.717) is 12.4 Å². The van der Waals surface area contributed by atoms with Crippen molar-refractivity contribution in [2.24, 2.45) is 0 Å². The number of hydrogen-bond donors (Lipinski definition) is 0. The van der Waals surface area contributed by atoms with Crippen molar-refractivity contribution in [3.05, 3.63) is 57.4 Å². The Morgan fingerprint density at radius 1 is 1.21 bits per heavy atom. The van der Waals surface area contributed by atoms with E-state index in [9.17, 15) is 0 Å². The molecule has 154 valence electrons. The number of fused-ring (bicyclic) bond motifs is 1. The summed E-state index contributed by atoms with van der Waals surface area (Å²) in [5, 5.41) is 6.31. The van der Waals surface area contributed by atoms with Crippen LogP contribution >= 0.6 is 11.3 Å². The Balaban J connectivity index is 1.71. The molecule has 2 aromatic heterocycles. The van der Waals surface area contributed by atoms with Gasteiger partial charge in [0.1, 0.15) is 0 Å². The third-order valence-electron chi connectivity index (χ3n) is 5.26. The normalized spacial score (nSPS) is 17.2. The molecule has 0 bridgehead atoms. The number of aromatic nitrogens is 2. The maximum Gasteiger partial charge on any atom is 0.240 e. The van der Waals surface area contributed by atoms with Crippen LogP contribution < -0.4 is 9.47 Å². The van der Waals surface area contributed by atoms with Crippen LogP contribution in [0.25, 0.3) is 0 Å². The van der Waals surface area contributed by atoms with Crippen LogP contribution in [0.2, 0.25) is 0 Å². The molecule has 4 rings (SSSR count). The van der Waals surface area contributed by atoms with Gasteiger partial charge in [-0.25, -0.2) is 0 Å². The molecule has 7 heteroatoms. The molecule has 1 aliphatic heterocycles. The van der Waals surface area contributed by atoms with Crippen molar-refractivity contribution in [3.63, 3.8) is 0 Å². The first-order valence-electron chi connectivity index (χ1n) is 9.76. The first-order chi connectivity index (χ1) is 13.9. The molecule has 1 aromatic carbocycles. The molecular formula is C22H27N3O3S. The van der Waals surface area contributed by atoms with E-state index in [2.05, 4.69) is 65.5 Å². The molecule has 0 aliphatic carbocycles. The van der Waals surface area contributed by atoms with E-state index in [1.54, 1.807) is 25.6 Å². The van der Waals surface area contributed by atoms with Crippen molar-refractivity contribution < 1.29 is 14.0 Å². The minimum absolute atomic E-state index is 0.114. The molecule has 0 unspecified atom stereocenters. The quantitative estimate of drug-likeness (QED) is 0.610. The topological polar surface area (TPSA) is 60.6 Å². The lowest BCUT2D eigenvalue weighted by molar-refractivity contribution is 0.179. The number of ether oxygens (including phenoxy) is 2. The summed E-state index contributed by atoms with van der Waals surface area (Å²) in [6, 6.07) is 8.61. The second-order valence-electron chi connectivity index (χ2n) is 8.31. The van der Waals surface area contributed by atoms with Crippen molar-refractivity contribution in [1.29, 1.82) is 0 Å². The number of nitrogens with zero attached hydrogens (tertiary/aromatic N) is 3. The first-order valence-corrected chi connectivity index (χ1v) is 10.6. The fourth-order valence-electron chi connectivity index (χ4n) is 3.75. The SMILES string of the molecule is COc1cc2c(cc1OC)[C@H](c1cccs1)N(Cc1nc(C(C)(C)C)no1)CC2. The molecule has 29 heavy (non-hydrogen) atoms. The smallest absolute Gasteiger partial charge is 0.240 e. The Labute approximate surface area is 175 Å². The highest BCUT2D eigenvalue weighted by Gasteiger charge is 2.32. The van der Waals surface area contributed by atoms with E-state index in [1.165, 1.54) is 16.0 Å². The Kier molecular flexibility index (Phi) is 5.36. The molecule has 0 saturated carbocycles. The number of benzene rings is 1. The van der Waals surface area contributed by atoms with E-state index in [0.717, 1.165) is 30.3 Å². The average Bonchev–Trinajstić information content (AvgIpc) is 3.38. The highest BCUT2D eigenvalue weighted by atomic mass is 32.1. The van der Waals surface area contributed by atoms with Gasteiger partial charge in [0.25, 0.3) is 0 Å². The maximum atomic E-state index is 5.58. The lowest BCUT2D eigenvalue weighted by atomic mass is 9.91. The first kappa shape index (κ1) is 19.9. The van der Waals surface area contributed by atoms with Gasteiger partial charge in [0.2, 0.25) is 5.89 Å². The molecule has 1 atom stereocenters. The standard InChI is InChI=1S/C22H27N3O3S/c1-22(2,3)21-23-19(28-24-21)13-25-9-8-14-11-16(26-4)17(27-5)12-15(14)20(25)18-7-6-10-29-18/h6-7,10-12,20H,8-9,13H2,1-5H3/t20-/m1/s1. The lowest BCUT2D eigenvalue weighted by Crippen LogP contribution is -2.35. The molecule has 0 N–H and O–H groups in total. The Morgan fingerprint density at radius 2 is 1.97 bits per heavy atom. The summed E-state index contributed by atoms with van der Waals surface area (Å²) in [4.78, 5) is 8.34. The van der Waals surface area contributed by atoms with Crippen LogP contribution in [-0.2, 0) is 18.4 Å². The summed E-state index contributed by atoms with van der Waals surface area (Å²) in [7, 11) is 3.36. The molecule has 0 radical (unpaired) electrons. The maximum absolute atomic E-state index is 5.58. The highest BCUT2D eigenvalue weighted by Crippen LogP contribution is 2.42. The van der Waals surface area contributed by atoms with Crippen LogP contribution in [0.3, 0.4) is 0 Å². The van der Waals surface area contributed by atoms with Gasteiger partial charge < -0.3 is 14.0 Å². The zero-order valence-corrected chi connectivity index (χ0v) is 18.4. The van der Waals surface area contributed by atoms with E-state index < -0.39 is 0 Å². The summed E-state index contributed by atoms with van der Waals surface area (Å²) in [5.74, 6) is 2.92. The van der Waals surface area contributed by atoms with E-state index in [-0.39, 0.29) is 11.5 Å². The van der Waals surface area contributed by atoms with E-state index >= 15 is 0 Å². The fraction of sp³-hybridized carbons (Fsp3) is 0.455. The number of thiophene rings is 1. The number of rotatable bonds is 5. The number of hydrogen-bond acceptors (Lipinski definition) is 7. The molecule has 3 aromatic rings. The third-order valence-corrected chi connectivity index (χ3v) is 6.19. The van der Waals surface area contributed by atoms with Crippen molar-refractivity contribution in [1.82, 2.24) is 15.0 Å². The summed E-state index contributed by atoms with van der Waals surface area (Å²) in [6.45, 7) is 7.78. The Morgan fingerprint density at radius 3 is 2.59 bits per heavy atom. The zero-order chi connectivity index (χ0) is 20.6. The van der Waals surface area contributed by atoms with Gasteiger partial charge in [0.05, 0.1) is 26.8 Å². The Hall–Kier alpha value is -2.38. The van der Waals surface area contributed by atoms with E-state index in [1.807, 2.05) is 0 Å². The molecule has 3 heterocycles. The molecule has 0 fully saturated rings. The Bertz CT molecular complexity index is 976. The summed E-state index contributed by atoms with van der Waals surface area (Å²) in [5.41, 5.74) is 2.40. The highest BCUT2D eigenvalue weighted by molar-refractivity contribution is 7.10. The van der Waals surface area contributed by atoms with Gasteiger partial charge in [0, 0.05) is 16.8 Å². The second-order valence-corrected chi connectivity index (χ2v) is 9.29. The van der Waals surface area contributed by atoms with Crippen LogP contribution in [0.1, 0.15) is 54.5 Å². The number of methoxy groups -OCH3 is 2. The predicted molar refractivity (Wildman–Crippen MR) is 113 cm³/mol. The predicted octanol–water partition coefficient (Wildman–Crippen LogP) is 4.59. The zero-order valence-electron chi connectivity index (χ0n) is 17.6. The van der Waals surface area contributed by atoms with Crippen LogP contribution in [-0.4, -0.2) is 35.8 Å². The third kappa shape index (κ3) is 3.89. The summed E-state index contributed by atoms with van der Waals surface area (Å²) in [6.07, 6.45) is 0.928. The van der Waals surface area contributed by atoms with Gasteiger partial charge in [0.15, 0.2) is 17.3 Å². The van der Waals surface area contributed by atoms with E-state index in [4.69, 9.17) is 14.0 Å². The second kappa shape index (κ2) is 7.80. The molecule has 1 aliphatic rings. The van der Waals surface area contributed by atoms with Gasteiger partial charge in [-0.3, -0.25) is 4.90 Å². The minimum atomic E-state index is -0.132. The van der Waals surface area contributed by atoms with Gasteiger partial charge in [-0.15, -0.1) is 11.3 Å². The summed E-state index contributed by atoms with van der Waals surface area (Å²) >= 11 is 1.76. The van der Waals surface area contributed by atoms with Gasteiger partial charge in [-0.1, -0.05) is 32.0 Å². The van der Waals surface area contributed by atoms with Crippen molar-refractivity contribution >= 4 is 11.3 Å². The van der Waals surface area contributed by atoms with Crippen molar-refractivity contribution in [2.75, 3.05) is 20.8 Å². The average molecular weight is 414 g/mol. The van der Waals surface area contributed by atoms with Gasteiger partial charge >= 0.3 is 0 Å². The van der Waals surface area contributed by atoms with Crippen molar-refractivity contribution in [3.8, 4) is 11.5 Å². The van der Waals surface area contributed by atoms with Crippen LogP contribution in [0.15, 0.2) is 34.2 Å². The summed E-state index contributed by atoms with van der Waals surface area (Å²) < 4.78 is 16.7. The molecular weight excluding hydrogens is 386 g/mol. The largest absolute Gasteiger partial charge is 0.493 e. The van der Waals surface area contributed by atoms with Crippen LogP contribution in [0, 0.1) is 0 Å². The monoisotopic (exact) mass is 413 g/mol. The van der Waals surface area contributed by atoms with Crippen LogP contribution in [0.5, 0.6) is 11.5 Å². The minimum Gasteiger partial charge on any atom is -0.493 e. The van der Waals surface area contributed by atoms with Crippen molar-refractivity contribution in [2.45, 2.75) is 45.2 Å². The lowest BCUT2D eigenvalue weighted by Gasteiger charge is -2.36. The van der Waals surface area contributed by atoms with Gasteiger partial charge in [-0.05, 0) is 41.1 Å². The van der Waals surface area contributed by atoms with Gasteiger partial charge in [-0.2, -0.15) is 4.98 Å². The van der Waals surface area contributed by atoms with Crippen LogP contribution in [0.4, 0.5) is 0 Å². The molecule has 0 saturated heterocycles. The molecule has 0 amide bonds. The molecule has 0 spiro atoms. The molecule has 6 nitrogen and oxygen atoms in total. The fourth-order valence-corrected chi connectivity index (χ4v) is 4.62.